The molecule has 0 spiro atoms. The molecule has 0 saturated heterocycles. The summed E-state index contributed by atoms with van der Waals surface area (Å²) >= 11 is 1.57. The van der Waals surface area contributed by atoms with E-state index in [0.29, 0.717) is 35.3 Å². The second-order valence-electron chi connectivity index (χ2n) is 5.96. The van der Waals surface area contributed by atoms with Gasteiger partial charge in [0.2, 0.25) is 5.95 Å². The minimum Gasteiger partial charge on any atom is -0.450 e. The number of amides is 1. The van der Waals surface area contributed by atoms with Crippen LogP contribution in [-0.4, -0.2) is 29.2 Å². The van der Waals surface area contributed by atoms with Gasteiger partial charge in [0, 0.05) is 23.3 Å². The number of hydrogen-bond donors (Lipinski definition) is 2. The highest BCUT2D eigenvalue weighted by molar-refractivity contribution is 7.75. The van der Waals surface area contributed by atoms with E-state index in [1.165, 1.54) is 0 Å². The Kier molecular flexibility index (Phi) is 7.91. The maximum absolute atomic E-state index is 12.1. The fourth-order valence-corrected chi connectivity index (χ4v) is 3.88. The van der Waals surface area contributed by atoms with E-state index >= 15 is 0 Å². The summed E-state index contributed by atoms with van der Waals surface area (Å²) in [7, 11) is -1.84. The SMILES string of the molecule is CCOC(=O)N=[S-](=O)c1ccc(Nc2ncc(-c3cccs3)c(NCCC#N)n2)cc1. The summed E-state index contributed by atoms with van der Waals surface area (Å²) in [6.07, 6.45) is 1.21. The summed E-state index contributed by atoms with van der Waals surface area (Å²) in [5.41, 5.74) is 1.52. The first-order valence-electron chi connectivity index (χ1n) is 9.30. The molecule has 2 N–H and O–H groups in total. The van der Waals surface area contributed by atoms with E-state index in [2.05, 4.69) is 35.8 Å². The number of hydrogen-bond acceptors (Lipinski definition) is 10. The van der Waals surface area contributed by atoms with Crippen LogP contribution in [0.2, 0.25) is 0 Å². The van der Waals surface area contributed by atoms with E-state index in [4.69, 9.17) is 5.26 Å². The number of ether oxygens (including phenoxy) is 1. The van der Waals surface area contributed by atoms with Crippen LogP contribution in [0.5, 0.6) is 0 Å². The fourth-order valence-electron chi connectivity index (χ4n) is 2.48. The number of rotatable bonds is 8. The first-order valence-corrected chi connectivity index (χ1v) is 11.3. The van der Waals surface area contributed by atoms with Crippen molar-refractivity contribution < 1.29 is 13.7 Å². The third-order valence-electron chi connectivity index (χ3n) is 3.84. The van der Waals surface area contributed by atoms with Gasteiger partial charge in [0.05, 0.1) is 24.7 Å². The van der Waals surface area contributed by atoms with E-state index in [9.17, 15) is 9.00 Å². The number of nitrogens with one attached hydrogen (secondary N) is 2. The quantitative estimate of drug-likeness (QED) is 0.361. The van der Waals surface area contributed by atoms with E-state index in [-0.39, 0.29) is 6.61 Å². The molecule has 0 aliphatic carbocycles. The molecule has 0 atom stereocenters. The molecule has 2 heterocycles. The van der Waals surface area contributed by atoms with Gasteiger partial charge in [0.1, 0.15) is 5.82 Å². The van der Waals surface area contributed by atoms with E-state index in [1.54, 1.807) is 48.7 Å². The van der Waals surface area contributed by atoms with Gasteiger partial charge in [-0.1, -0.05) is 23.1 Å². The van der Waals surface area contributed by atoms with Crippen molar-refractivity contribution in [3.05, 3.63) is 48.0 Å². The average Bonchev–Trinajstić information content (AvgIpc) is 3.29. The van der Waals surface area contributed by atoms with Crippen molar-refractivity contribution in [1.82, 2.24) is 9.97 Å². The molecule has 0 radical (unpaired) electrons. The molecule has 1 amide bonds. The molecule has 0 saturated carbocycles. The largest absolute Gasteiger partial charge is 0.450 e. The maximum Gasteiger partial charge on any atom is 0.410 e. The highest BCUT2D eigenvalue weighted by atomic mass is 32.2. The van der Waals surface area contributed by atoms with Gasteiger partial charge in [-0.15, -0.1) is 21.9 Å². The lowest BCUT2D eigenvalue weighted by molar-refractivity contribution is 0.164. The summed E-state index contributed by atoms with van der Waals surface area (Å²) in [5, 5.41) is 17.0. The minimum atomic E-state index is -1.84. The lowest BCUT2D eigenvalue weighted by Crippen LogP contribution is -2.07. The summed E-state index contributed by atoms with van der Waals surface area (Å²) < 4.78 is 20.2. The van der Waals surface area contributed by atoms with Crippen LogP contribution in [-0.2, 0) is 19.5 Å². The van der Waals surface area contributed by atoms with Crippen molar-refractivity contribution >= 4 is 45.5 Å². The Morgan fingerprint density at radius 3 is 2.81 bits per heavy atom. The molecule has 9 nitrogen and oxygen atoms in total. The Bertz CT molecular complexity index is 1150. The Balaban J connectivity index is 1.77. The number of carbonyl (C=O) groups excluding carboxylic acids is 1. The zero-order valence-corrected chi connectivity index (χ0v) is 18.2. The van der Waals surface area contributed by atoms with Crippen molar-refractivity contribution in [2.24, 2.45) is 4.36 Å². The third-order valence-corrected chi connectivity index (χ3v) is 5.74. The van der Waals surface area contributed by atoms with Crippen LogP contribution in [0.25, 0.3) is 10.4 Å². The molecule has 0 fully saturated rings. The van der Waals surface area contributed by atoms with Crippen LogP contribution in [0, 0.1) is 11.3 Å². The number of anilines is 3. The molecule has 0 aliphatic rings. The van der Waals surface area contributed by atoms with Gasteiger partial charge in [-0.25, -0.2) is 9.78 Å². The van der Waals surface area contributed by atoms with Crippen LogP contribution < -0.4 is 10.6 Å². The van der Waals surface area contributed by atoms with Gasteiger partial charge in [0.25, 0.3) is 0 Å². The Labute approximate surface area is 185 Å². The molecule has 3 aromatic rings. The van der Waals surface area contributed by atoms with Crippen LogP contribution in [0.1, 0.15) is 13.3 Å². The highest BCUT2D eigenvalue weighted by Gasteiger charge is 2.10. The molecule has 11 heteroatoms. The van der Waals surface area contributed by atoms with Crippen LogP contribution in [0.15, 0.2) is 57.2 Å². The minimum absolute atomic E-state index is 0.168. The van der Waals surface area contributed by atoms with Crippen molar-refractivity contribution in [3.8, 4) is 16.5 Å². The van der Waals surface area contributed by atoms with Crippen LogP contribution in [0.4, 0.5) is 22.2 Å². The number of nitriles is 1. The predicted molar refractivity (Wildman–Crippen MR) is 120 cm³/mol. The molecule has 1 aromatic carbocycles. The Morgan fingerprint density at radius 1 is 1.32 bits per heavy atom. The van der Waals surface area contributed by atoms with Crippen molar-refractivity contribution in [3.63, 3.8) is 0 Å². The van der Waals surface area contributed by atoms with Gasteiger partial charge >= 0.3 is 6.09 Å². The van der Waals surface area contributed by atoms with Crippen molar-refractivity contribution in [2.45, 2.75) is 18.2 Å². The maximum atomic E-state index is 12.1. The second kappa shape index (κ2) is 11.1. The van der Waals surface area contributed by atoms with Gasteiger partial charge in [0.15, 0.2) is 0 Å². The van der Waals surface area contributed by atoms with E-state index < -0.39 is 16.7 Å². The first kappa shape index (κ1) is 22.2. The second-order valence-corrected chi connectivity index (χ2v) is 8.06. The van der Waals surface area contributed by atoms with Crippen molar-refractivity contribution in [1.29, 1.82) is 5.26 Å². The zero-order valence-electron chi connectivity index (χ0n) is 16.6. The smallest absolute Gasteiger partial charge is 0.410 e. The molecule has 2 aromatic heterocycles. The third kappa shape index (κ3) is 6.24. The first-order chi connectivity index (χ1) is 15.1. The molecule has 31 heavy (non-hydrogen) atoms. The molecule has 0 aliphatic heterocycles. The summed E-state index contributed by atoms with van der Waals surface area (Å²) in [4.78, 5) is 21.6. The number of thiophene rings is 1. The summed E-state index contributed by atoms with van der Waals surface area (Å²) in [5.74, 6) is 0.992. The molecule has 0 bridgehead atoms. The topological polar surface area (TPSA) is 129 Å². The highest BCUT2D eigenvalue weighted by Crippen LogP contribution is 2.31. The number of nitrogens with zero attached hydrogens (tertiary/aromatic N) is 4. The fraction of sp³-hybridized carbons (Fsp3) is 0.200. The predicted octanol–water partition coefficient (Wildman–Crippen LogP) is 4.94. The molecular formula is C20H19N6O3S2-. The number of carbonyl (C=O) groups is 1. The van der Waals surface area contributed by atoms with Crippen molar-refractivity contribution in [2.75, 3.05) is 23.8 Å². The normalized spacial score (nSPS) is 11.5. The van der Waals surface area contributed by atoms with Gasteiger partial charge in [-0.05, 0) is 30.5 Å². The lowest BCUT2D eigenvalue weighted by atomic mass is 10.2. The number of aromatic nitrogens is 2. The Hall–Kier alpha value is -3.49. The van der Waals surface area contributed by atoms with Gasteiger partial charge in [-0.3, -0.25) is 4.36 Å². The lowest BCUT2D eigenvalue weighted by Gasteiger charge is -2.12. The summed E-state index contributed by atoms with van der Waals surface area (Å²) in [6, 6.07) is 12.6. The number of benzene rings is 1. The Morgan fingerprint density at radius 2 is 2.13 bits per heavy atom. The van der Waals surface area contributed by atoms with Gasteiger partial charge in [-0.2, -0.15) is 10.2 Å². The van der Waals surface area contributed by atoms with Gasteiger partial charge < -0.3 is 19.6 Å². The molecule has 3 rings (SSSR count). The zero-order chi connectivity index (χ0) is 22.1. The molecule has 0 unspecified atom stereocenters. The van der Waals surface area contributed by atoms with Crippen LogP contribution in [0.3, 0.4) is 0 Å². The summed E-state index contributed by atoms with van der Waals surface area (Å²) in [6.45, 7) is 2.28. The van der Waals surface area contributed by atoms with E-state index in [1.807, 2.05) is 17.5 Å². The standard InChI is InChI=1S/C20H19N6O3S2/c1-2-29-20(27)26-31(28)15-8-6-14(7-9-15)24-19-23-13-16(17-5-3-12-30-17)18(25-19)22-11-4-10-21/h3,5-9,12-13H,2,4,11H2,1H3,(H2,22,23,24,25)/q-1. The van der Waals surface area contributed by atoms with E-state index in [0.717, 1.165) is 10.4 Å². The molecular weight excluding hydrogens is 436 g/mol. The monoisotopic (exact) mass is 455 g/mol. The molecule has 160 valence electrons. The van der Waals surface area contributed by atoms with Crippen LogP contribution >= 0.6 is 11.3 Å². The average molecular weight is 456 g/mol.